The van der Waals surface area contributed by atoms with Crippen molar-refractivity contribution in [2.75, 3.05) is 18.4 Å². The van der Waals surface area contributed by atoms with Gasteiger partial charge in [-0.15, -0.1) is 0 Å². The van der Waals surface area contributed by atoms with E-state index in [4.69, 9.17) is 0 Å². The van der Waals surface area contributed by atoms with Crippen LogP contribution < -0.4 is 10.6 Å². The van der Waals surface area contributed by atoms with Crippen LogP contribution in [0.4, 0.5) is 5.69 Å². The Morgan fingerprint density at radius 3 is 3.09 bits per heavy atom. The van der Waals surface area contributed by atoms with Gasteiger partial charge in [0.1, 0.15) is 0 Å². The molecule has 1 atom stereocenters. The number of aryl methyl sites for hydroxylation is 1. The Hall–Kier alpha value is -1.66. The zero-order valence-electron chi connectivity index (χ0n) is 12.5. The van der Waals surface area contributed by atoms with Gasteiger partial charge in [0.15, 0.2) is 5.69 Å². The molecule has 1 aromatic heterocycles. The van der Waals surface area contributed by atoms with Crippen LogP contribution in [0.3, 0.4) is 0 Å². The van der Waals surface area contributed by atoms with Gasteiger partial charge in [0.2, 0.25) is 0 Å². The molecule has 0 bridgehead atoms. The van der Waals surface area contributed by atoms with Gasteiger partial charge in [-0.25, -0.2) is 0 Å². The Kier molecular flexibility index (Phi) is 4.59. The quantitative estimate of drug-likeness (QED) is 0.881. The first-order chi connectivity index (χ1) is 10.6. The Labute approximate surface area is 138 Å². The molecule has 116 valence electrons. The molecule has 2 N–H and O–H groups in total. The molecule has 0 saturated carbocycles. The van der Waals surface area contributed by atoms with Crippen LogP contribution in [0.15, 0.2) is 34.9 Å². The summed E-state index contributed by atoms with van der Waals surface area (Å²) in [6, 6.07) is 7.93. The number of anilines is 1. The van der Waals surface area contributed by atoms with Crippen molar-refractivity contribution in [3.05, 3.63) is 46.2 Å². The Morgan fingerprint density at radius 1 is 1.45 bits per heavy atom. The number of carbonyl (C=O) groups excluding carboxylic acids is 1. The number of nitrogens with one attached hydrogen (secondary N) is 2. The second-order valence-corrected chi connectivity index (χ2v) is 6.51. The molecule has 2 aromatic rings. The van der Waals surface area contributed by atoms with Crippen LogP contribution in [-0.2, 0) is 0 Å². The maximum atomic E-state index is 12.4. The third-order valence-electron chi connectivity index (χ3n) is 3.93. The summed E-state index contributed by atoms with van der Waals surface area (Å²) in [5, 5.41) is 10.7. The van der Waals surface area contributed by atoms with Gasteiger partial charge < -0.3 is 10.6 Å². The molecule has 0 radical (unpaired) electrons. The van der Waals surface area contributed by atoms with Crippen molar-refractivity contribution in [3.63, 3.8) is 0 Å². The largest absolute Gasteiger partial charge is 0.320 e. The smallest absolute Gasteiger partial charge is 0.276 e. The van der Waals surface area contributed by atoms with Crippen molar-refractivity contribution < 1.29 is 4.79 Å². The van der Waals surface area contributed by atoms with E-state index in [1.54, 1.807) is 6.07 Å². The Morgan fingerprint density at radius 2 is 2.32 bits per heavy atom. The summed E-state index contributed by atoms with van der Waals surface area (Å²) in [7, 11) is 0. The van der Waals surface area contributed by atoms with E-state index in [1.807, 2.05) is 36.0 Å². The SMILES string of the molecule is Cc1ccc(Br)cc1NC(=O)c1ccn(C2CCCNC2)n1. The average Bonchev–Trinajstić information content (AvgIpc) is 3.02. The van der Waals surface area contributed by atoms with Crippen molar-refractivity contribution in [3.8, 4) is 0 Å². The lowest BCUT2D eigenvalue weighted by Crippen LogP contribution is -2.32. The zero-order valence-corrected chi connectivity index (χ0v) is 14.1. The van der Waals surface area contributed by atoms with Gasteiger partial charge in [0.25, 0.3) is 5.91 Å². The number of amides is 1. The second-order valence-electron chi connectivity index (χ2n) is 5.59. The molecule has 1 saturated heterocycles. The number of aromatic nitrogens is 2. The summed E-state index contributed by atoms with van der Waals surface area (Å²) < 4.78 is 2.83. The Bertz CT molecular complexity index is 677. The number of piperidine rings is 1. The van der Waals surface area contributed by atoms with Crippen LogP contribution in [0, 0.1) is 6.92 Å². The van der Waals surface area contributed by atoms with E-state index in [9.17, 15) is 4.79 Å². The number of carbonyl (C=O) groups is 1. The van der Waals surface area contributed by atoms with E-state index in [0.717, 1.165) is 41.7 Å². The summed E-state index contributed by atoms with van der Waals surface area (Å²) in [5.41, 5.74) is 2.27. The molecule has 5 nitrogen and oxygen atoms in total. The topological polar surface area (TPSA) is 59.0 Å². The fourth-order valence-electron chi connectivity index (χ4n) is 2.64. The number of halogens is 1. The molecule has 1 unspecified atom stereocenters. The number of nitrogens with zero attached hydrogens (tertiary/aromatic N) is 2. The summed E-state index contributed by atoms with van der Waals surface area (Å²) in [4.78, 5) is 12.4. The van der Waals surface area contributed by atoms with E-state index in [1.165, 1.54) is 0 Å². The average molecular weight is 363 g/mol. The molecule has 1 aromatic carbocycles. The molecule has 22 heavy (non-hydrogen) atoms. The van der Waals surface area contributed by atoms with Crippen molar-refractivity contribution in [1.82, 2.24) is 15.1 Å². The molecule has 1 aliphatic heterocycles. The van der Waals surface area contributed by atoms with Crippen molar-refractivity contribution in [1.29, 1.82) is 0 Å². The number of hydrogen-bond acceptors (Lipinski definition) is 3. The predicted molar refractivity (Wildman–Crippen MR) is 90.2 cm³/mol. The fraction of sp³-hybridized carbons (Fsp3) is 0.375. The molecule has 0 spiro atoms. The maximum Gasteiger partial charge on any atom is 0.276 e. The van der Waals surface area contributed by atoms with Crippen LogP contribution in [0.25, 0.3) is 0 Å². The zero-order chi connectivity index (χ0) is 15.5. The highest BCUT2D eigenvalue weighted by Crippen LogP contribution is 2.21. The summed E-state index contributed by atoms with van der Waals surface area (Å²) in [6.45, 7) is 3.94. The minimum absolute atomic E-state index is 0.177. The normalized spacial score (nSPS) is 18.2. The second kappa shape index (κ2) is 6.62. The lowest BCUT2D eigenvalue weighted by Gasteiger charge is -2.22. The summed E-state index contributed by atoms with van der Waals surface area (Å²) >= 11 is 3.42. The van der Waals surface area contributed by atoms with Crippen LogP contribution in [-0.4, -0.2) is 28.8 Å². The van der Waals surface area contributed by atoms with E-state index < -0.39 is 0 Å². The molecule has 0 aliphatic carbocycles. The van der Waals surface area contributed by atoms with Crippen LogP contribution in [0.2, 0.25) is 0 Å². The van der Waals surface area contributed by atoms with Gasteiger partial charge in [-0.3, -0.25) is 9.48 Å². The van der Waals surface area contributed by atoms with E-state index in [2.05, 4.69) is 31.7 Å². The lowest BCUT2D eigenvalue weighted by atomic mass is 10.1. The van der Waals surface area contributed by atoms with Crippen LogP contribution in [0.5, 0.6) is 0 Å². The molecule has 1 amide bonds. The fourth-order valence-corrected chi connectivity index (χ4v) is 3.00. The van der Waals surface area contributed by atoms with Crippen molar-refractivity contribution in [2.24, 2.45) is 0 Å². The summed E-state index contributed by atoms with van der Waals surface area (Å²) in [5.74, 6) is -0.177. The maximum absolute atomic E-state index is 12.4. The molecule has 1 fully saturated rings. The highest BCUT2D eigenvalue weighted by Gasteiger charge is 2.18. The minimum atomic E-state index is -0.177. The number of rotatable bonds is 3. The van der Waals surface area contributed by atoms with Gasteiger partial charge >= 0.3 is 0 Å². The lowest BCUT2D eigenvalue weighted by molar-refractivity contribution is 0.102. The van der Waals surface area contributed by atoms with Gasteiger partial charge in [-0.2, -0.15) is 5.10 Å². The molecule has 6 heteroatoms. The molecule has 3 rings (SSSR count). The molecule has 1 aliphatic rings. The summed E-state index contributed by atoms with van der Waals surface area (Å²) in [6.07, 6.45) is 4.13. The Balaban J connectivity index is 1.72. The van der Waals surface area contributed by atoms with Gasteiger partial charge in [0.05, 0.1) is 6.04 Å². The van der Waals surface area contributed by atoms with E-state index >= 15 is 0 Å². The van der Waals surface area contributed by atoms with E-state index in [-0.39, 0.29) is 5.91 Å². The standard InChI is InChI=1S/C16H19BrN4O/c1-11-4-5-12(17)9-15(11)19-16(22)14-6-8-21(20-14)13-3-2-7-18-10-13/h4-6,8-9,13,18H,2-3,7,10H2,1H3,(H,19,22). The van der Waals surface area contributed by atoms with Crippen LogP contribution in [0.1, 0.15) is 34.9 Å². The molecule has 2 heterocycles. The first-order valence-corrected chi connectivity index (χ1v) is 8.26. The predicted octanol–water partition coefficient (Wildman–Crippen LogP) is 3.13. The van der Waals surface area contributed by atoms with Gasteiger partial charge in [-0.05, 0) is 50.1 Å². The number of benzene rings is 1. The minimum Gasteiger partial charge on any atom is -0.320 e. The van der Waals surface area contributed by atoms with Crippen molar-refractivity contribution >= 4 is 27.5 Å². The van der Waals surface area contributed by atoms with Crippen molar-refractivity contribution in [2.45, 2.75) is 25.8 Å². The van der Waals surface area contributed by atoms with Crippen LogP contribution >= 0.6 is 15.9 Å². The third kappa shape index (κ3) is 3.39. The number of hydrogen-bond donors (Lipinski definition) is 2. The van der Waals surface area contributed by atoms with Gasteiger partial charge in [-0.1, -0.05) is 22.0 Å². The molecular weight excluding hydrogens is 344 g/mol. The highest BCUT2D eigenvalue weighted by molar-refractivity contribution is 9.10. The molecular formula is C16H19BrN4O. The first-order valence-electron chi connectivity index (χ1n) is 7.47. The third-order valence-corrected chi connectivity index (χ3v) is 4.43. The van der Waals surface area contributed by atoms with Gasteiger partial charge in [0, 0.05) is 22.9 Å². The van der Waals surface area contributed by atoms with E-state index in [0.29, 0.717) is 11.7 Å². The monoisotopic (exact) mass is 362 g/mol. The highest BCUT2D eigenvalue weighted by atomic mass is 79.9. The first kappa shape index (κ1) is 15.2.